The first-order valence-corrected chi connectivity index (χ1v) is 14.2. The molecule has 0 radical (unpaired) electrons. The van der Waals surface area contributed by atoms with Crippen LogP contribution in [0.4, 0.5) is 13.2 Å². The smallest absolute Gasteiger partial charge is 0.394 e. The summed E-state index contributed by atoms with van der Waals surface area (Å²) in [6.07, 6.45) is -38.8. The molecule has 3 heterocycles. The van der Waals surface area contributed by atoms with Crippen LogP contribution in [-0.4, -0.2) is 211 Å². The maximum Gasteiger partial charge on any atom is 0.471 e. The summed E-state index contributed by atoms with van der Waals surface area (Å²) in [4.78, 5) is 11.1. The second-order valence-corrected chi connectivity index (χ2v) is 10.9. The number of ether oxygens (including phenoxy) is 6. The number of halogens is 3. The van der Waals surface area contributed by atoms with Crippen molar-refractivity contribution in [2.75, 3.05) is 33.0 Å². The van der Waals surface area contributed by atoms with E-state index in [1.54, 1.807) is 0 Å². The van der Waals surface area contributed by atoms with Crippen LogP contribution in [0.15, 0.2) is 0 Å². The third-order valence-corrected chi connectivity index (χ3v) is 7.65. The second kappa shape index (κ2) is 17.0. The monoisotopic (exact) mass is 703 g/mol. The summed E-state index contributed by atoms with van der Waals surface area (Å²) in [5.41, 5.74) is 0. The van der Waals surface area contributed by atoms with Crippen LogP contribution in [0.3, 0.4) is 0 Å². The maximum atomic E-state index is 12.5. The number of aliphatic hydroxyl groups excluding tert-OH is 12. The molecule has 0 unspecified atom stereocenters. The van der Waals surface area contributed by atoms with Crippen molar-refractivity contribution >= 4 is 5.91 Å². The Morgan fingerprint density at radius 1 is 0.681 bits per heavy atom. The van der Waals surface area contributed by atoms with E-state index in [9.17, 15) is 79.2 Å². The average Bonchev–Trinajstić information content (AvgIpc) is 3.04. The third kappa shape index (κ3) is 9.21. The topological polar surface area (TPSA) is 327 Å². The van der Waals surface area contributed by atoms with Crippen LogP contribution in [0.25, 0.3) is 0 Å². The molecule has 47 heavy (non-hydrogen) atoms. The van der Waals surface area contributed by atoms with Gasteiger partial charge >= 0.3 is 12.1 Å². The first-order valence-electron chi connectivity index (χ1n) is 14.2. The molecule has 3 saturated heterocycles. The molecule has 3 rings (SSSR count). The second-order valence-electron chi connectivity index (χ2n) is 10.9. The summed E-state index contributed by atoms with van der Waals surface area (Å²) < 4.78 is 70.2. The van der Waals surface area contributed by atoms with Gasteiger partial charge in [-0.1, -0.05) is 0 Å². The molecule has 0 saturated carbocycles. The van der Waals surface area contributed by atoms with Crippen LogP contribution in [-0.2, 0) is 33.2 Å². The van der Waals surface area contributed by atoms with Gasteiger partial charge in [-0.15, -0.1) is 0 Å². The average molecular weight is 704 g/mol. The van der Waals surface area contributed by atoms with Crippen molar-refractivity contribution in [3.63, 3.8) is 0 Å². The van der Waals surface area contributed by atoms with Gasteiger partial charge in [0, 0.05) is 6.54 Å². The third-order valence-electron chi connectivity index (χ3n) is 7.65. The van der Waals surface area contributed by atoms with Gasteiger partial charge in [0.2, 0.25) is 0 Å². The molecular weight excluding hydrogens is 663 g/mol. The number of hydrogen-bond acceptors (Lipinski definition) is 19. The highest BCUT2D eigenvalue weighted by Gasteiger charge is 2.56. The fraction of sp³-hybridized carbons (Fsp3) is 0.958. The zero-order valence-corrected chi connectivity index (χ0v) is 24.2. The highest BCUT2D eigenvalue weighted by Crippen LogP contribution is 2.35. The summed E-state index contributed by atoms with van der Waals surface area (Å²) in [6.45, 7) is -4.58. The molecule has 276 valence electrons. The molecule has 0 aromatic heterocycles. The van der Waals surface area contributed by atoms with Crippen LogP contribution in [0.5, 0.6) is 0 Å². The van der Waals surface area contributed by atoms with E-state index in [2.05, 4.69) is 0 Å². The van der Waals surface area contributed by atoms with Crippen LogP contribution >= 0.6 is 0 Å². The zero-order valence-electron chi connectivity index (χ0n) is 24.2. The first kappa shape index (κ1) is 40.0. The molecule has 0 aromatic rings. The molecule has 3 fully saturated rings. The van der Waals surface area contributed by atoms with Crippen molar-refractivity contribution in [2.45, 2.75) is 111 Å². The molecular formula is C24H40F3NO19. The van der Waals surface area contributed by atoms with E-state index in [1.807, 2.05) is 0 Å². The molecule has 17 atom stereocenters. The summed E-state index contributed by atoms with van der Waals surface area (Å²) in [6, 6.07) is 0. The molecule has 0 aromatic carbocycles. The van der Waals surface area contributed by atoms with Crippen LogP contribution < -0.4 is 5.32 Å². The number of rotatable bonds is 13. The minimum absolute atomic E-state index is 0.769. The van der Waals surface area contributed by atoms with Gasteiger partial charge in [0.1, 0.15) is 85.5 Å². The van der Waals surface area contributed by atoms with Gasteiger partial charge < -0.3 is 95.0 Å². The van der Waals surface area contributed by atoms with Crippen LogP contribution in [0.1, 0.15) is 0 Å². The number of carbonyl (C=O) groups excluding carboxylic acids is 1. The van der Waals surface area contributed by atoms with Gasteiger partial charge in [0.15, 0.2) is 18.9 Å². The zero-order chi connectivity index (χ0) is 35.4. The Morgan fingerprint density at radius 2 is 1.19 bits per heavy atom. The van der Waals surface area contributed by atoms with Gasteiger partial charge in [0.25, 0.3) is 0 Å². The molecule has 20 nitrogen and oxygen atoms in total. The molecule has 0 bridgehead atoms. The molecule has 3 aliphatic heterocycles. The fourth-order valence-corrected chi connectivity index (χ4v) is 5.05. The number of carbonyl (C=O) groups is 1. The van der Waals surface area contributed by atoms with E-state index in [0.717, 1.165) is 0 Å². The highest BCUT2D eigenvalue weighted by atomic mass is 19.4. The number of nitrogens with one attached hydrogen (secondary N) is 1. The Kier molecular flexibility index (Phi) is 14.4. The fourth-order valence-electron chi connectivity index (χ4n) is 5.05. The van der Waals surface area contributed by atoms with Crippen molar-refractivity contribution in [2.24, 2.45) is 0 Å². The molecule has 0 aliphatic carbocycles. The van der Waals surface area contributed by atoms with Crippen LogP contribution in [0.2, 0.25) is 0 Å². The molecule has 1 amide bonds. The van der Waals surface area contributed by atoms with Crippen molar-refractivity contribution in [1.82, 2.24) is 5.32 Å². The Labute approximate surface area is 263 Å². The summed E-state index contributed by atoms with van der Waals surface area (Å²) >= 11 is 0. The largest absolute Gasteiger partial charge is 0.471 e. The minimum Gasteiger partial charge on any atom is -0.394 e. The van der Waals surface area contributed by atoms with Crippen molar-refractivity contribution in [3.8, 4) is 0 Å². The molecule has 23 heteroatoms. The van der Waals surface area contributed by atoms with Gasteiger partial charge in [-0.2, -0.15) is 13.2 Å². The predicted octanol–water partition coefficient (Wildman–Crippen LogP) is -8.15. The van der Waals surface area contributed by atoms with Gasteiger partial charge in [-0.25, -0.2) is 0 Å². The quantitative estimate of drug-likeness (QED) is 0.0792. The van der Waals surface area contributed by atoms with Gasteiger partial charge in [0.05, 0.1) is 26.4 Å². The lowest BCUT2D eigenvalue weighted by Gasteiger charge is -2.50. The summed E-state index contributed by atoms with van der Waals surface area (Å²) in [5, 5.41) is 124. The Hall–Kier alpha value is -1.46. The number of hydrogen-bond donors (Lipinski definition) is 13. The standard InChI is InChI=1S/C24H40F3NO19/c25-24(26,27)23(41)28-1-2-42-20-15(40)18(46-22-14(39)11(36)12(37)16(44-22)6(32)3-29)19(17(45-20)7(33)4-30)47-21-13(38)10(35)9(34)8(5-31)43-21/h6-22,29-40H,1-5H2,(H,28,41)/t6-,7-,8+,9+,10-,11-,12-,13+,14-,15-,16+,17+,18+,19+,20-,21-,22+/m0/s1. The Bertz CT molecular complexity index is 984. The predicted molar refractivity (Wildman–Crippen MR) is 136 cm³/mol. The van der Waals surface area contributed by atoms with E-state index >= 15 is 0 Å². The van der Waals surface area contributed by atoms with E-state index < -0.39 is 149 Å². The Balaban J connectivity index is 1.94. The Morgan fingerprint density at radius 3 is 1.74 bits per heavy atom. The molecule has 3 aliphatic rings. The van der Waals surface area contributed by atoms with Crippen molar-refractivity contribution in [3.05, 3.63) is 0 Å². The summed E-state index contributed by atoms with van der Waals surface area (Å²) in [5.74, 6) is -2.32. The van der Waals surface area contributed by atoms with Crippen LogP contribution in [0, 0.1) is 0 Å². The lowest BCUT2D eigenvalue weighted by Crippen LogP contribution is -2.68. The lowest BCUT2D eigenvalue weighted by molar-refractivity contribution is -0.392. The number of amides is 1. The first-order chi connectivity index (χ1) is 22.0. The lowest BCUT2D eigenvalue weighted by atomic mass is 9.93. The number of aliphatic hydroxyl groups is 12. The van der Waals surface area contributed by atoms with E-state index in [4.69, 9.17) is 28.4 Å². The van der Waals surface area contributed by atoms with Crippen molar-refractivity contribution < 1.29 is 108 Å². The van der Waals surface area contributed by atoms with E-state index in [1.165, 1.54) is 5.32 Å². The SMILES string of the molecule is O=C(NCCO[C@H]1O[C@H]([C@@H](O)CO)[C@@H](O[C@@H]2O[C@H](CO)[C@@H](O)[C@H](O)[C@H]2O)[C@H](O[C@H]2O[C@H]([C@@H](O)CO)[C@@H](O)[C@H](O)[C@@H]2O)[C@@H]1O)C(F)(F)F. The summed E-state index contributed by atoms with van der Waals surface area (Å²) in [7, 11) is 0. The van der Waals surface area contributed by atoms with Gasteiger partial charge in [-0.3, -0.25) is 4.79 Å². The van der Waals surface area contributed by atoms with Crippen molar-refractivity contribution in [1.29, 1.82) is 0 Å². The normalized spacial score (nSPS) is 42.9. The van der Waals surface area contributed by atoms with Gasteiger partial charge in [-0.05, 0) is 0 Å². The van der Waals surface area contributed by atoms with E-state index in [0.29, 0.717) is 0 Å². The maximum absolute atomic E-state index is 12.5. The number of alkyl halides is 3. The minimum atomic E-state index is -5.23. The highest BCUT2D eigenvalue weighted by molar-refractivity contribution is 5.81. The molecule has 0 spiro atoms. The molecule has 13 N–H and O–H groups in total. The van der Waals surface area contributed by atoms with E-state index in [-0.39, 0.29) is 0 Å².